The summed E-state index contributed by atoms with van der Waals surface area (Å²) in [6.07, 6.45) is -3.27. The molecule has 6 nitrogen and oxygen atoms in total. The molecule has 2 heterocycles. The third-order valence-corrected chi connectivity index (χ3v) is 2.81. The van der Waals surface area contributed by atoms with E-state index in [4.69, 9.17) is 5.84 Å². The SMILES string of the molecule is NNc1cc(-n2cnc3ccccc32)nc(C(F)(F)F)n1. The van der Waals surface area contributed by atoms with Gasteiger partial charge in [-0.2, -0.15) is 13.2 Å². The fourth-order valence-electron chi connectivity index (χ4n) is 1.90. The van der Waals surface area contributed by atoms with Gasteiger partial charge < -0.3 is 5.43 Å². The molecule has 108 valence electrons. The predicted octanol–water partition coefficient (Wildman–Crippen LogP) is 2.12. The molecule has 21 heavy (non-hydrogen) atoms. The van der Waals surface area contributed by atoms with Crippen molar-refractivity contribution >= 4 is 16.9 Å². The third kappa shape index (κ3) is 2.38. The van der Waals surface area contributed by atoms with E-state index in [9.17, 15) is 13.2 Å². The molecule has 0 bridgehead atoms. The van der Waals surface area contributed by atoms with E-state index in [2.05, 4.69) is 20.4 Å². The van der Waals surface area contributed by atoms with Gasteiger partial charge in [0.15, 0.2) is 0 Å². The van der Waals surface area contributed by atoms with Crippen LogP contribution >= 0.6 is 0 Å². The molecule has 9 heteroatoms. The van der Waals surface area contributed by atoms with Crippen LogP contribution in [0.25, 0.3) is 16.9 Å². The van der Waals surface area contributed by atoms with Crippen molar-refractivity contribution in [3.8, 4) is 5.82 Å². The van der Waals surface area contributed by atoms with Crippen LogP contribution in [-0.2, 0) is 6.18 Å². The van der Waals surface area contributed by atoms with E-state index in [0.717, 1.165) is 0 Å². The summed E-state index contributed by atoms with van der Waals surface area (Å²) in [5.41, 5.74) is 3.38. The number of hydrogen-bond donors (Lipinski definition) is 2. The van der Waals surface area contributed by atoms with E-state index in [1.807, 2.05) is 0 Å². The standard InChI is InChI=1S/C12H9F3N6/c13-12(14,15)11-18-9(20-16)5-10(19-11)21-6-17-7-3-1-2-4-8(7)21/h1-6H,16H2,(H,18,19,20). The highest BCUT2D eigenvalue weighted by Crippen LogP contribution is 2.28. The van der Waals surface area contributed by atoms with Gasteiger partial charge >= 0.3 is 6.18 Å². The Morgan fingerprint density at radius 1 is 1.14 bits per heavy atom. The Morgan fingerprint density at radius 3 is 2.62 bits per heavy atom. The zero-order valence-electron chi connectivity index (χ0n) is 10.5. The van der Waals surface area contributed by atoms with Crippen LogP contribution in [0.2, 0.25) is 0 Å². The van der Waals surface area contributed by atoms with Gasteiger partial charge in [0, 0.05) is 6.07 Å². The van der Waals surface area contributed by atoms with Crippen molar-refractivity contribution in [3.05, 3.63) is 42.5 Å². The Hall–Kier alpha value is -2.68. The van der Waals surface area contributed by atoms with E-state index in [0.29, 0.717) is 11.0 Å². The zero-order chi connectivity index (χ0) is 15.0. The largest absolute Gasteiger partial charge is 0.451 e. The number of para-hydroxylation sites is 2. The molecule has 3 aromatic rings. The number of alkyl halides is 3. The molecule has 0 unspecified atom stereocenters. The third-order valence-electron chi connectivity index (χ3n) is 2.81. The highest BCUT2D eigenvalue weighted by molar-refractivity contribution is 5.76. The van der Waals surface area contributed by atoms with Gasteiger partial charge in [-0.1, -0.05) is 12.1 Å². The number of nitrogen functional groups attached to an aromatic ring is 1. The van der Waals surface area contributed by atoms with Crippen molar-refractivity contribution < 1.29 is 13.2 Å². The minimum atomic E-state index is -4.67. The lowest BCUT2D eigenvalue weighted by atomic mass is 10.3. The van der Waals surface area contributed by atoms with Gasteiger partial charge in [0.25, 0.3) is 0 Å². The summed E-state index contributed by atoms with van der Waals surface area (Å²) in [7, 11) is 0. The number of hydrogen-bond acceptors (Lipinski definition) is 5. The number of aromatic nitrogens is 4. The van der Waals surface area contributed by atoms with Crippen LogP contribution in [-0.4, -0.2) is 19.5 Å². The summed E-state index contributed by atoms with van der Waals surface area (Å²) in [6.45, 7) is 0. The quantitative estimate of drug-likeness (QED) is 0.559. The first-order valence-electron chi connectivity index (χ1n) is 5.84. The maximum absolute atomic E-state index is 12.8. The number of anilines is 1. The number of imidazole rings is 1. The molecule has 1 aromatic carbocycles. The molecule has 0 saturated carbocycles. The molecule has 2 aromatic heterocycles. The van der Waals surface area contributed by atoms with E-state index >= 15 is 0 Å². The Bertz CT molecular complexity index is 795. The van der Waals surface area contributed by atoms with E-state index < -0.39 is 12.0 Å². The van der Waals surface area contributed by atoms with E-state index in [1.54, 1.807) is 24.3 Å². The van der Waals surface area contributed by atoms with Crippen molar-refractivity contribution in [1.82, 2.24) is 19.5 Å². The highest BCUT2D eigenvalue weighted by Gasteiger charge is 2.35. The minimum absolute atomic E-state index is 0.0268. The number of hydrazine groups is 1. The Kier molecular flexibility index (Phi) is 2.98. The first kappa shape index (κ1) is 13.3. The Balaban J connectivity index is 2.22. The monoisotopic (exact) mass is 294 g/mol. The van der Waals surface area contributed by atoms with Gasteiger partial charge in [-0.15, -0.1) is 0 Å². The van der Waals surface area contributed by atoms with Gasteiger partial charge in [-0.25, -0.2) is 20.8 Å². The van der Waals surface area contributed by atoms with E-state index in [1.165, 1.54) is 17.0 Å². The fraction of sp³-hybridized carbons (Fsp3) is 0.0833. The second-order valence-corrected chi connectivity index (χ2v) is 4.18. The average Bonchev–Trinajstić information content (AvgIpc) is 2.89. The van der Waals surface area contributed by atoms with Crippen molar-refractivity contribution in [1.29, 1.82) is 0 Å². The van der Waals surface area contributed by atoms with Gasteiger partial charge in [0.05, 0.1) is 11.0 Å². The number of nitrogens with two attached hydrogens (primary N) is 1. The molecule has 0 fully saturated rings. The Morgan fingerprint density at radius 2 is 1.90 bits per heavy atom. The minimum Gasteiger partial charge on any atom is -0.308 e. The molecule has 0 atom stereocenters. The molecule has 0 aliphatic rings. The number of halogens is 3. The van der Waals surface area contributed by atoms with Crippen molar-refractivity contribution in [2.75, 3.05) is 5.43 Å². The molecule has 0 amide bonds. The first-order chi connectivity index (χ1) is 9.99. The molecule has 0 aliphatic heterocycles. The molecule has 0 spiro atoms. The molecule has 0 aliphatic carbocycles. The summed E-state index contributed by atoms with van der Waals surface area (Å²) >= 11 is 0. The van der Waals surface area contributed by atoms with Gasteiger partial charge in [0.2, 0.25) is 5.82 Å². The maximum Gasteiger partial charge on any atom is 0.451 e. The number of rotatable bonds is 2. The van der Waals surface area contributed by atoms with Gasteiger partial charge in [-0.05, 0) is 12.1 Å². The van der Waals surface area contributed by atoms with Crippen LogP contribution in [0, 0.1) is 0 Å². The number of benzene rings is 1. The topological polar surface area (TPSA) is 81.6 Å². The molecule has 3 N–H and O–H groups in total. The summed E-state index contributed by atoms with van der Waals surface area (Å²) in [5.74, 6) is 3.78. The molecule has 0 saturated heterocycles. The molecule has 0 radical (unpaired) electrons. The van der Waals surface area contributed by atoms with Crippen LogP contribution < -0.4 is 11.3 Å². The summed E-state index contributed by atoms with van der Waals surface area (Å²) in [5, 5.41) is 0. The predicted molar refractivity (Wildman–Crippen MR) is 69.5 cm³/mol. The summed E-state index contributed by atoms with van der Waals surface area (Å²) in [6, 6.07) is 8.33. The fourth-order valence-corrected chi connectivity index (χ4v) is 1.90. The van der Waals surface area contributed by atoms with Crippen LogP contribution in [0.5, 0.6) is 0 Å². The van der Waals surface area contributed by atoms with Gasteiger partial charge in [-0.3, -0.25) is 4.57 Å². The molecule has 3 rings (SSSR count). The average molecular weight is 294 g/mol. The zero-order valence-corrected chi connectivity index (χ0v) is 10.5. The lowest BCUT2D eigenvalue weighted by Gasteiger charge is -2.10. The normalized spacial score (nSPS) is 11.8. The van der Waals surface area contributed by atoms with Crippen LogP contribution in [0.4, 0.5) is 19.0 Å². The second-order valence-electron chi connectivity index (χ2n) is 4.18. The number of nitrogens with zero attached hydrogens (tertiary/aromatic N) is 4. The smallest absolute Gasteiger partial charge is 0.308 e. The number of nitrogens with one attached hydrogen (secondary N) is 1. The lowest BCUT2D eigenvalue weighted by Crippen LogP contribution is -2.17. The summed E-state index contributed by atoms with van der Waals surface area (Å²) in [4.78, 5) is 11.0. The van der Waals surface area contributed by atoms with Crippen LogP contribution in [0.1, 0.15) is 5.82 Å². The van der Waals surface area contributed by atoms with Gasteiger partial charge in [0.1, 0.15) is 18.0 Å². The van der Waals surface area contributed by atoms with Crippen molar-refractivity contribution in [2.45, 2.75) is 6.18 Å². The maximum atomic E-state index is 12.8. The van der Waals surface area contributed by atoms with E-state index in [-0.39, 0.29) is 11.6 Å². The van der Waals surface area contributed by atoms with Crippen LogP contribution in [0.3, 0.4) is 0 Å². The number of fused-ring (bicyclic) bond motifs is 1. The molecular formula is C12H9F3N6. The molecular weight excluding hydrogens is 285 g/mol. The second kappa shape index (κ2) is 4.70. The van der Waals surface area contributed by atoms with Crippen molar-refractivity contribution in [2.24, 2.45) is 5.84 Å². The highest BCUT2D eigenvalue weighted by atomic mass is 19.4. The Labute approximate surface area is 116 Å². The first-order valence-corrected chi connectivity index (χ1v) is 5.84. The van der Waals surface area contributed by atoms with Crippen LogP contribution in [0.15, 0.2) is 36.7 Å². The summed E-state index contributed by atoms with van der Waals surface area (Å²) < 4.78 is 39.9. The lowest BCUT2D eigenvalue weighted by molar-refractivity contribution is -0.144. The van der Waals surface area contributed by atoms with Crippen molar-refractivity contribution in [3.63, 3.8) is 0 Å².